The average Bonchev–Trinajstić information content (AvgIpc) is 2.82. The van der Waals surface area contributed by atoms with Crippen molar-refractivity contribution in [2.45, 2.75) is 18.7 Å². The molecule has 0 unspecified atom stereocenters. The third-order valence-electron chi connectivity index (χ3n) is 5.13. The molecule has 0 aliphatic rings. The molecule has 3 aromatic rings. The molecule has 0 aliphatic carbocycles. The average molecular weight is 495 g/mol. The number of hydrogen-bond donors (Lipinski definition) is 5. The van der Waals surface area contributed by atoms with Crippen LogP contribution >= 0.6 is 0 Å². The van der Waals surface area contributed by atoms with Gasteiger partial charge in [0.15, 0.2) is 0 Å². The quantitative estimate of drug-likeness (QED) is 0.226. The highest BCUT2D eigenvalue weighted by Crippen LogP contribution is 2.30. The van der Waals surface area contributed by atoms with E-state index in [-0.39, 0.29) is 39.9 Å². The summed E-state index contributed by atoms with van der Waals surface area (Å²) >= 11 is 0. The summed E-state index contributed by atoms with van der Waals surface area (Å²) in [5.41, 5.74) is 6.93. The van der Waals surface area contributed by atoms with Crippen LogP contribution < -0.4 is 15.8 Å². The van der Waals surface area contributed by atoms with Gasteiger partial charge in [-0.3, -0.25) is 10.2 Å². The first kappa shape index (κ1) is 25.6. The van der Waals surface area contributed by atoms with E-state index in [1.54, 1.807) is 48.5 Å². The number of carbonyl (C=O) groups excluding carboxylic acids is 1. The lowest BCUT2D eigenvalue weighted by molar-refractivity contribution is 0.0697. The van der Waals surface area contributed by atoms with Crippen LogP contribution in [0, 0.1) is 11.3 Å². The lowest BCUT2D eigenvalue weighted by atomic mass is 9.95. The Hall–Kier alpha value is -4.02. The van der Waals surface area contributed by atoms with Gasteiger partial charge in [-0.05, 0) is 59.5 Å². The van der Waals surface area contributed by atoms with Crippen molar-refractivity contribution in [1.29, 1.82) is 5.41 Å². The molecule has 1 amide bonds. The van der Waals surface area contributed by atoms with Crippen LogP contribution in [0.4, 0.5) is 5.69 Å². The molecule has 6 N–H and O–H groups in total. The zero-order valence-corrected chi connectivity index (χ0v) is 20.0. The van der Waals surface area contributed by atoms with E-state index in [1.165, 1.54) is 12.1 Å². The van der Waals surface area contributed by atoms with E-state index in [1.807, 2.05) is 13.8 Å². The minimum atomic E-state index is -3.90. The van der Waals surface area contributed by atoms with Crippen molar-refractivity contribution >= 4 is 33.4 Å². The molecule has 0 radical (unpaired) electrons. The maximum atomic E-state index is 13.1. The first-order valence-corrected chi connectivity index (χ1v) is 12.2. The van der Waals surface area contributed by atoms with Crippen LogP contribution in [0.2, 0.25) is 0 Å². The summed E-state index contributed by atoms with van der Waals surface area (Å²) < 4.78 is 27.7. The first-order chi connectivity index (χ1) is 16.5. The highest BCUT2D eigenvalue weighted by Gasteiger charge is 2.22. The van der Waals surface area contributed by atoms with Crippen LogP contribution in [0.3, 0.4) is 0 Å². The molecule has 0 aliphatic heterocycles. The van der Waals surface area contributed by atoms with Crippen molar-refractivity contribution in [3.8, 4) is 11.1 Å². The summed E-state index contributed by atoms with van der Waals surface area (Å²) in [6.45, 7) is 3.92. The Labute approximate surface area is 203 Å². The number of carboxylic acids is 1. The van der Waals surface area contributed by atoms with Crippen molar-refractivity contribution in [1.82, 2.24) is 4.72 Å². The molecule has 0 aromatic heterocycles. The number of sulfonamides is 1. The first-order valence-electron chi connectivity index (χ1n) is 10.7. The van der Waals surface area contributed by atoms with Crippen LogP contribution in [0.1, 0.15) is 40.1 Å². The normalized spacial score (nSPS) is 11.3. The number of carboxylic acid groups (broad SMARTS) is 1. The van der Waals surface area contributed by atoms with Crippen molar-refractivity contribution in [2.24, 2.45) is 11.7 Å². The number of nitrogen functional groups attached to an aromatic ring is 1. The Bertz CT molecular complexity index is 1380. The highest BCUT2D eigenvalue weighted by molar-refractivity contribution is 7.89. The third-order valence-corrected chi connectivity index (χ3v) is 6.55. The molecule has 0 bridgehead atoms. The summed E-state index contributed by atoms with van der Waals surface area (Å²) in [6.07, 6.45) is 0. The van der Waals surface area contributed by atoms with E-state index < -0.39 is 21.9 Å². The van der Waals surface area contributed by atoms with Gasteiger partial charge in [0.05, 0.1) is 10.5 Å². The molecular formula is C25H26N4O5S. The minimum Gasteiger partial charge on any atom is -0.478 e. The molecule has 10 heteroatoms. The zero-order valence-electron chi connectivity index (χ0n) is 19.2. The number of hydrogen-bond acceptors (Lipinski definition) is 5. The van der Waals surface area contributed by atoms with Gasteiger partial charge in [-0.15, -0.1) is 0 Å². The lowest BCUT2D eigenvalue weighted by Crippen LogP contribution is -2.27. The number of aromatic carboxylic acids is 1. The molecule has 182 valence electrons. The van der Waals surface area contributed by atoms with Crippen LogP contribution in [0.5, 0.6) is 0 Å². The number of amides is 1. The molecule has 0 saturated heterocycles. The Morgan fingerprint density at radius 2 is 1.60 bits per heavy atom. The molecular weight excluding hydrogens is 468 g/mol. The molecule has 0 fully saturated rings. The molecule has 3 aromatic carbocycles. The number of nitrogens with one attached hydrogen (secondary N) is 3. The molecule has 35 heavy (non-hydrogen) atoms. The monoisotopic (exact) mass is 494 g/mol. The maximum Gasteiger partial charge on any atom is 0.336 e. The van der Waals surface area contributed by atoms with Crippen LogP contribution in [0.15, 0.2) is 71.6 Å². The van der Waals surface area contributed by atoms with Crippen LogP contribution in [0.25, 0.3) is 11.1 Å². The van der Waals surface area contributed by atoms with E-state index in [0.717, 1.165) is 6.07 Å². The van der Waals surface area contributed by atoms with E-state index in [0.29, 0.717) is 16.8 Å². The van der Waals surface area contributed by atoms with Gasteiger partial charge in [-0.25, -0.2) is 17.9 Å². The summed E-state index contributed by atoms with van der Waals surface area (Å²) in [7, 11) is -3.90. The summed E-state index contributed by atoms with van der Waals surface area (Å²) in [6, 6.07) is 16.7. The largest absolute Gasteiger partial charge is 0.478 e. The van der Waals surface area contributed by atoms with Gasteiger partial charge in [0.2, 0.25) is 10.0 Å². The fourth-order valence-electron chi connectivity index (χ4n) is 3.31. The second-order valence-electron chi connectivity index (χ2n) is 8.25. The van der Waals surface area contributed by atoms with Gasteiger partial charge in [0.25, 0.3) is 5.91 Å². The minimum absolute atomic E-state index is 0.0760. The van der Waals surface area contributed by atoms with Gasteiger partial charge < -0.3 is 16.2 Å². The number of anilines is 1. The fourth-order valence-corrected chi connectivity index (χ4v) is 4.55. The summed E-state index contributed by atoms with van der Waals surface area (Å²) in [5.74, 6) is -1.83. The Kier molecular flexibility index (Phi) is 7.68. The number of benzene rings is 3. The second kappa shape index (κ2) is 10.5. The van der Waals surface area contributed by atoms with Gasteiger partial charge in [0, 0.05) is 23.4 Å². The molecule has 0 saturated carbocycles. The summed E-state index contributed by atoms with van der Waals surface area (Å²) in [4.78, 5) is 24.9. The Morgan fingerprint density at radius 3 is 2.20 bits per heavy atom. The number of carbonyl (C=O) groups is 2. The van der Waals surface area contributed by atoms with E-state index in [9.17, 15) is 23.1 Å². The lowest BCUT2D eigenvalue weighted by Gasteiger charge is -2.14. The van der Waals surface area contributed by atoms with E-state index in [2.05, 4.69) is 10.0 Å². The topological polar surface area (TPSA) is 162 Å². The predicted molar refractivity (Wildman–Crippen MR) is 134 cm³/mol. The van der Waals surface area contributed by atoms with Gasteiger partial charge in [-0.1, -0.05) is 38.1 Å². The smallest absolute Gasteiger partial charge is 0.336 e. The Balaban J connectivity index is 1.99. The second-order valence-corrected chi connectivity index (χ2v) is 10.0. The Morgan fingerprint density at radius 1 is 0.971 bits per heavy atom. The maximum absolute atomic E-state index is 13.1. The standard InChI is InChI=1S/C25H26N4O5S/c1-15(2)14-28-35(33,34)18-11-12-20(22(13-18)25(31)32)19-5-3-4-6-21(19)24(30)29-17-9-7-16(8-10-17)23(26)27/h3-13,15,28H,14H2,1-2H3,(H3,26,27)(H,29,30)(H,31,32). The number of nitrogens with two attached hydrogens (primary N) is 1. The molecule has 3 rings (SSSR count). The SMILES string of the molecule is CC(C)CNS(=O)(=O)c1ccc(-c2ccccc2C(=O)Nc2ccc(C(=N)N)cc2)c(C(=O)O)c1. The van der Waals surface area contributed by atoms with Crippen molar-refractivity contribution in [3.05, 3.63) is 83.4 Å². The van der Waals surface area contributed by atoms with Gasteiger partial charge in [-0.2, -0.15) is 0 Å². The van der Waals surface area contributed by atoms with Crippen molar-refractivity contribution in [2.75, 3.05) is 11.9 Å². The zero-order chi connectivity index (χ0) is 25.8. The molecule has 0 spiro atoms. The fraction of sp³-hybridized carbons (Fsp3) is 0.160. The number of rotatable bonds is 9. The highest BCUT2D eigenvalue weighted by atomic mass is 32.2. The van der Waals surface area contributed by atoms with Gasteiger partial charge >= 0.3 is 5.97 Å². The van der Waals surface area contributed by atoms with Gasteiger partial charge in [0.1, 0.15) is 5.84 Å². The van der Waals surface area contributed by atoms with Crippen LogP contribution in [-0.2, 0) is 10.0 Å². The predicted octanol–water partition coefficient (Wildman–Crippen LogP) is 3.52. The van der Waals surface area contributed by atoms with E-state index in [4.69, 9.17) is 11.1 Å². The molecule has 0 atom stereocenters. The van der Waals surface area contributed by atoms with Crippen LogP contribution in [-0.4, -0.2) is 37.8 Å². The van der Waals surface area contributed by atoms with Crippen molar-refractivity contribution in [3.63, 3.8) is 0 Å². The van der Waals surface area contributed by atoms with E-state index >= 15 is 0 Å². The summed E-state index contributed by atoms with van der Waals surface area (Å²) in [5, 5.41) is 20.0. The molecule has 9 nitrogen and oxygen atoms in total. The van der Waals surface area contributed by atoms with Crippen molar-refractivity contribution < 1.29 is 23.1 Å². The number of amidine groups is 1. The third kappa shape index (κ3) is 6.11. The molecule has 0 heterocycles.